The zero-order valence-electron chi connectivity index (χ0n) is 12.4. The van der Waals surface area contributed by atoms with Crippen LogP contribution in [0.25, 0.3) is 0 Å². The summed E-state index contributed by atoms with van der Waals surface area (Å²) in [4.78, 5) is 0. The molecule has 3 nitrogen and oxygen atoms in total. The van der Waals surface area contributed by atoms with Gasteiger partial charge < -0.3 is 15.7 Å². The zero-order valence-corrected chi connectivity index (χ0v) is 12.4. The average Bonchev–Trinajstić information content (AvgIpc) is 2.54. The highest BCUT2D eigenvalue weighted by Crippen LogP contribution is 2.22. The second kappa shape index (κ2) is 6.22. The molecular weight excluding hydrogens is 272 g/mol. The molecule has 0 aromatic heterocycles. The minimum absolute atomic E-state index is 0.267. The number of nitrogens with one attached hydrogen (secondary N) is 2. The molecule has 22 heavy (non-hydrogen) atoms. The second-order valence-electron chi connectivity index (χ2n) is 5.24. The van der Waals surface area contributed by atoms with Crippen molar-refractivity contribution >= 4 is 22.7 Å². The van der Waals surface area contributed by atoms with Gasteiger partial charge >= 0.3 is 0 Å². The third-order valence-corrected chi connectivity index (χ3v) is 3.38. The third kappa shape index (κ3) is 3.58. The number of phenols is 1. The van der Waals surface area contributed by atoms with E-state index in [1.54, 1.807) is 12.1 Å². The molecule has 0 amide bonds. The van der Waals surface area contributed by atoms with E-state index >= 15 is 0 Å². The summed E-state index contributed by atoms with van der Waals surface area (Å²) < 4.78 is 0. The Morgan fingerprint density at radius 1 is 0.545 bits per heavy atom. The molecule has 0 radical (unpaired) electrons. The van der Waals surface area contributed by atoms with Gasteiger partial charge in [0.1, 0.15) is 5.75 Å². The number of rotatable bonds is 4. The molecule has 3 N–H and O–H groups in total. The fraction of sp³-hybridized carbons (Fsp3) is 0.0526. The van der Waals surface area contributed by atoms with E-state index in [0.29, 0.717) is 0 Å². The fourth-order valence-corrected chi connectivity index (χ4v) is 2.15. The van der Waals surface area contributed by atoms with E-state index < -0.39 is 0 Å². The molecule has 3 aromatic carbocycles. The lowest BCUT2D eigenvalue weighted by Gasteiger charge is -2.10. The van der Waals surface area contributed by atoms with E-state index in [2.05, 4.69) is 41.8 Å². The van der Waals surface area contributed by atoms with Gasteiger partial charge in [-0.2, -0.15) is 0 Å². The number of phenolic OH excluding ortho intramolecular Hbond substituents is 1. The molecule has 0 unspecified atom stereocenters. The summed E-state index contributed by atoms with van der Waals surface area (Å²) in [5, 5.41) is 15.9. The van der Waals surface area contributed by atoms with Crippen molar-refractivity contribution in [2.45, 2.75) is 6.92 Å². The lowest BCUT2D eigenvalue weighted by atomic mass is 10.2. The van der Waals surface area contributed by atoms with Crippen molar-refractivity contribution in [2.75, 3.05) is 10.6 Å². The molecule has 0 heterocycles. The molecule has 3 rings (SSSR count). The maximum atomic E-state index is 9.28. The molecular formula is C19H18N2O. The molecule has 0 aliphatic rings. The predicted molar refractivity (Wildman–Crippen MR) is 92.3 cm³/mol. The highest BCUT2D eigenvalue weighted by Gasteiger charge is 1.97. The Morgan fingerprint density at radius 3 is 1.27 bits per heavy atom. The molecule has 3 aromatic rings. The smallest absolute Gasteiger partial charge is 0.115 e. The van der Waals surface area contributed by atoms with Crippen LogP contribution in [0.2, 0.25) is 0 Å². The molecule has 0 saturated heterocycles. The quantitative estimate of drug-likeness (QED) is 0.579. The van der Waals surface area contributed by atoms with Crippen molar-refractivity contribution < 1.29 is 5.11 Å². The summed E-state index contributed by atoms with van der Waals surface area (Å²) in [7, 11) is 0. The van der Waals surface area contributed by atoms with E-state index in [9.17, 15) is 5.11 Å². The van der Waals surface area contributed by atoms with Gasteiger partial charge in [-0.05, 0) is 67.6 Å². The SMILES string of the molecule is Cc1ccc(Nc2ccc(Nc3ccc(O)cc3)cc2)cc1. The van der Waals surface area contributed by atoms with Crippen LogP contribution < -0.4 is 10.6 Å². The predicted octanol–water partition coefficient (Wildman–Crippen LogP) is 5.19. The molecule has 0 spiro atoms. The van der Waals surface area contributed by atoms with Gasteiger partial charge in [0.2, 0.25) is 0 Å². The number of aryl methyl sites for hydroxylation is 1. The number of aromatic hydroxyl groups is 1. The summed E-state index contributed by atoms with van der Waals surface area (Å²) in [5.74, 6) is 0.267. The molecule has 3 heteroatoms. The first-order chi connectivity index (χ1) is 10.7. The lowest BCUT2D eigenvalue weighted by molar-refractivity contribution is 0.475. The summed E-state index contributed by atoms with van der Waals surface area (Å²) in [6, 6.07) is 23.4. The van der Waals surface area contributed by atoms with Crippen LogP contribution in [0.1, 0.15) is 5.56 Å². The number of benzene rings is 3. The fourth-order valence-electron chi connectivity index (χ4n) is 2.15. The number of hydrogen-bond donors (Lipinski definition) is 3. The van der Waals surface area contributed by atoms with E-state index in [1.165, 1.54) is 5.56 Å². The van der Waals surface area contributed by atoms with Crippen LogP contribution in [0.3, 0.4) is 0 Å². The maximum absolute atomic E-state index is 9.28. The Labute approximate surface area is 130 Å². The number of hydrogen-bond acceptors (Lipinski definition) is 3. The van der Waals surface area contributed by atoms with E-state index in [4.69, 9.17) is 0 Å². The van der Waals surface area contributed by atoms with Crippen LogP contribution in [0, 0.1) is 6.92 Å². The Balaban J connectivity index is 1.67. The maximum Gasteiger partial charge on any atom is 0.115 e. The van der Waals surface area contributed by atoms with Gasteiger partial charge in [-0.25, -0.2) is 0 Å². The van der Waals surface area contributed by atoms with Gasteiger partial charge in [0.05, 0.1) is 0 Å². The van der Waals surface area contributed by atoms with Crippen molar-refractivity contribution in [1.82, 2.24) is 0 Å². The van der Waals surface area contributed by atoms with Gasteiger partial charge in [-0.1, -0.05) is 17.7 Å². The highest BCUT2D eigenvalue weighted by atomic mass is 16.3. The molecule has 0 fully saturated rings. The lowest BCUT2D eigenvalue weighted by Crippen LogP contribution is -1.92. The minimum atomic E-state index is 0.267. The van der Waals surface area contributed by atoms with E-state index in [0.717, 1.165) is 22.7 Å². The van der Waals surface area contributed by atoms with Crippen molar-refractivity contribution in [3.05, 3.63) is 78.4 Å². The van der Waals surface area contributed by atoms with Crippen molar-refractivity contribution in [3.8, 4) is 5.75 Å². The topological polar surface area (TPSA) is 44.3 Å². The first-order valence-corrected chi connectivity index (χ1v) is 7.19. The molecule has 0 aliphatic carbocycles. The van der Waals surface area contributed by atoms with Crippen molar-refractivity contribution in [1.29, 1.82) is 0 Å². The zero-order chi connectivity index (χ0) is 15.4. The second-order valence-corrected chi connectivity index (χ2v) is 5.24. The van der Waals surface area contributed by atoms with E-state index in [1.807, 2.05) is 36.4 Å². The van der Waals surface area contributed by atoms with Gasteiger partial charge in [0.15, 0.2) is 0 Å². The number of anilines is 4. The minimum Gasteiger partial charge on any atom is -0.508 e. The van der Waals surface area contributed by atoms with Crippen LogP contribution in [0.4, 0.5) is 22.7 Å². The summed E-state index contributed by atoms with van der Waals surface area (Å²) >= 11 is 0. The van der Waals surface area contributed by atoms with Gasteiger partial charge in [0, 0.05) is 22.7 Å². The van der Waals surface area contributed by atoms with Crippen LogP contribution in [-0.2, 0) is 0 Å². The molecule has 0 atom stereocenters. The van der Waals surface area contributed by atoms with Gasteiger partial charge in [0.25, 0.3) is 0 Å². The summed E-state index contributed by atoms with van der Waals surface area (Å²) in [6.07, 6.45) is 0. The largest absolute Gasteiger partial charge is 0.508 e. The standard InChI is InChI=1S/C19H18N2O/c1-14-2-4-15(5-3-14)20-16-6-8-17(9-7-16)21-18-10-12-19(22)13-11-18/h2-13,20-22H,1H3. The first kappa shape index (κ1) is 14.0. The molecule has 0 saturated carbocycles. The normalized spacial score (nSPS) is 10.2. The van der Waals surface area contributed by atoms with Crippen LogP contribution in [0.5, 0.6) is 5.75 Å². The average molecular weight is 290 g/mol. The Morgan fingerprint density at radius 2 is 0.864 bits per heavy atom. The Kier molecular flexibility index (Phi) is 3.97. The molecule has 0 bridgehead atoms. The van der Waals surface area contributed by atoms with Crippen molar-refractivity contribution in [2.24, 2.45) is 0 Å². The van der Waals surface area contributed by atoms with Crippen LogP contribution >= 0.6 is 0 Å². The highest BCUT2D eigenvalue weighted by molar-refractivity contribution is 5.66. The summed E-state index contributed by atoms with van der Waals surface area (Å²) in [5.41, 5.74) is 5.31. The van der Waals surface area contributed by atoms with Gasteiger partial charge in [-0.15, -0.1) is 0 Å². The van der Waals surface area contributed by atoms with Gasteiger partial charge in [-0.3, -0.25) is 0 Å². The van der Waals surface area contributed by atoms with Crippen LogP contribution in [-0.4, -0.2) is 5.11 Å². The summed E-state index contributed by atoms with van der Waals surface area (Å²) in [6.45, 7) is 2.08. The Hall–Kier alpha value is -2.94. The molecule has 0 aliphatic heterocycles. The Bertz CT molecular complexity index is 665. The molecule has 110 valence electrons. The first-order valence-electron chi connectivity index (χ1n) is 7.19. The third-order valence-electron chi connectivity index (χ3n) is 3.38. The van der Waals surface area contributed by atoms with E-state index in [-0.39, 0.29) is 5.75 Å². The van der Waals surface area contributed by atoms with Crippen molar-refractivity contribution in [3.63, 3.8) is 0 Å². The van der Waals surface area contributed by atoms with Crippen LogP contribution in [0.15, 0.2) is 72.8 Å². The monoisotopic (exact) mass is 290 g/mol.